The zero-order chi connectivity index (χ0) is 22.4. The fourth-order valence-electron chi connectivity index (χ4n) is 3.49. The lowest BCUT2D eigenvalue weighted by Crippen LogP contribution is -1.99. The minimum atomic E-state index is -0.994. The van der Waals surface area contributed by atoms with Gasteiger partial charge in [0.25, 0.3) is 0 Å². The van der Waals surface area contributed by atoms with Gasteiger partial charge >= 0.3 is 5.97 Å². The molecule has 0 aliphatic heterocycles. The van der Waals surface area contributed by atoms with Crippen LogP contribution in [0.25, 0.3) is 17.2 Å². The molecule has 31 heavy (non-hydrogen) atoms. The van der Waals surface area contributed by atoms with Crippen molar-refractivity contribution >= 4 is 35.1 Å². The SMILES string of the molecule is CC/C(=C(/c1ccc(/C=C/C(=O)O)cc1)c1ccc(N)c(C=N)c1)c1ccc(O)cc1. The highest BCUT2D eigenvalue weighted by atomic mass is 16.4. The Bertz CT molecular complexity index is 1160. The molecule has 0 unspecified atom stereocenters. The van der Waals surface area contributed by atoms with E-state index in [4.69, 9.17) is 16.2 Å². The van der Waals surface area contributed by atoms with Crippen LogP contribution in [0.3, 0.4) is 0 Å². The van der Waals surface area contributed by atoms with E-state index >= 15 is 0 Å². The van der Waals surface area contributed by atoms with Crippen LogP contribution < -0.4 is 5.73 Å². The second kappa shape index (κ2) is 9.59. The molecule has 0 fully saturated rings. The second-order valence-corrected chi connectivity index (χ2v) is 7.04. The minimum absolute atomic E-state index is 0.203. The highest BCUT2D eigenvalue weighted by molar-refractivity contribution is 6.00. The minimum Gasteiger partial charge on any atom is -0.508 e. The lowest BCUT2D eigenvalue weighted by molar-refractivity contribution is -0.131. The zero-order valence-electron chi connectivity index (χ0n) is 17.2. The van der Waals surface area contributed by atoms with Crippen molar-refractivity contribution in [3.05, 3.63) is 101 Å². The quantitative estimate of drug-likeness (QED) is 0.179. The number of allylic oxidation sites excluding steroid dienone is 1. The Kier molecular flexibility index (Phi) is 6.67. The Hall–Kier alpha value is -4.12. The van der Waals surface area contributed by atoms with Gasteiger partial charge in [-0.2, -0.15) is 0 Å². The number of aliphatic carboxylic acids is 1. The summed E-state index contributed by atoms with van der Waals surface area (Å²) in [4.78, 5) is 10.8. The van der Waals surface area contributed by atoms with Crippen molar-refractivity contribution in [3.8, 4) is 5.75 Å². The number of aromatic hydroxyl groups is 1. The van der Waals surface area contributed by atoms with E-state index in [1.807, 2.05) is 48.5 Å². The van der Waals surface area contributed by atoms with Gasteiger partial charge in [0.05, 0.1) is 0 Å². The molecule has 0 amide bonds. The first-order valence-corrected chi connectivity index (χ1v) is 9.87. The van der Waals surface area contributed by atoms with Crippen LogP contribution in [0, 0.1) is 5.41 Å². The summed E-state index contributed by atoms with van der Waals surface area (Å²) in [5.74, 6) is -0.791. The molecule has 0 aromatic heterocycles. The topological polar surface area (TPSA) is 107 Å². The van der Waals surface area contributed by atoms with Gasteiger partial charge in [0.2, 0.25) is 0 Å². The average Bonchev–Trinajstić information content (AvgIpc) is 2.78. The molecule has 3 aromatic carbocycles. The number of rotatable bonds is 7. The normalized spacial score (nSPS) is 11.9. The van der Waals surface area contributed by atoms with Gasteiger partial charge in [0, 0.05) is 23.5 Å². The monoisotopic (exact) mass is 412 g/mol. The van der Waals surface area contributed by atoms with Gasteiger partial charge in [-0.25, -0.2) is 4.79 Å². The number of phenols is 1. The second-order valence-electron chi connectivity index (χ2n) is 7.04. The average molecular weight is 412 g/mol. The molecule has 3 aromatic rings. The first-order valence-electron chi connectivity index (χ1n) is 9.87. The maximum atomic E-state index is 10.8. The number of anilines is 1. The number of carboxylic acid groups (broad SMARTS) is 1. The highest BCUT2D eigenvalue weighted by Gasteiger charge is 2.14. The Morgan fingerprint density at radius 2 is 1.58 bits per heavy atom. The smallest absolute Gasteiger partial charge is 0.328 e. The van der Waals surface area contributed by atoms with Gasteiger partial charge in [0.1, 0.15) is 5.75 Å². The van der Waals surface area contributed by atoms with E-state index in [0.717, 1.165) is 45.9 Å². The highest BCUT2D eigenvalue weighted by Crippen LogP contribution is 2.36. The van der Waals surface area contributed by atoms with Gasteiger partial charge < -0.3 is 21.4 Å². The molecule has 156 valence electrons. The number of nitrogens with two attached hydrogens (primary N) is 1. The van der Waals surface area contributed by atoms with Crippen LogP contribution in [0.1, 0.15) is 41.2 Å². The molecule has 0 aliphatic rings. The van der Waals surface area contributed by atoms with Gasteiger partial charge in [-0.15, -0.1) is 0 Å². The number of carboxylic acids is 1. The zero-order valence-corrected chi connectivity index (χ0v) is 17.2. The lowest BCUT2D eigenvalue weighted by Gasteiger charge is -2.17. The predicted molar refractivity (Wildman–Crippen MR) is 126 cm³/mol. The molecule has 5 N–H and O–H groups in total. The summed E-state index contributed by atoms with van der Waals surface area (Å²) in [5.41, 5.74) is 12.9. The molecule has 0 spiro atoms. The molecule has 0 radical (unpaired) electrons. The third kappa shape index (κ3) is 5.08. The van der Waals surface area contributed by atoms with E-state index in [-0.39, 0.29) is 5.75 Å². The standard InChI is InChI=1S/C26H24N2O3/c1-2-23(18-8-11-22(29)12-9-18)26(20-10-13-24(28)21(15-20)16-27)19-6-3-17(4-7-19)5-14-25(30)31/h3-16,27,29H,2,28H2,1H3,(H,30,31)/b14-5+,26-23+,27-16?. The van der Waals surface area contributed by atoms with Crippen molar-refractivity contribution in [2.24, 2.45) is 0 Å². The summed E-state index contributed by atoms with van der Waals surface area (Å²) in [6, 6.07) is 20.4. The molecule has 0 atom stereocenters. The van der Waals surface area contributed by atoms with Gasteiger partial charge in [-0.05, 0) is 70.2 Å². The van der Waals surface area contributed by atoms with Crippen LogP contribution in [0.15, 0.2) is 72.8 Å². The van der Waals surface area contributed by atoms with E-state index in [2.05, 4.69) is 6.92 Å². The molecule has 5 nitrogen and oxygen atoms in total. The molecule has 0 aliphatic carbocycles. The Morgan fingerprint density at radius 1 is 0.968 bits per heavy atom. The number of nitrogens with one attached hydrogen (secondary N) is 1. The maximum absolute atomic E-state index is 10.8. The van der Waals surface area contributed by atoms with E-state index < -0.39 is 5.97 Å². The molecule has 5 heteroatoms. The van der Waals surface area contributed by atoms with Gasteiger partial charge in [-0.1, -0.05) is 49.4 Å². The third-order valence-electron chi connectivity index (χ3n) is 5.02. The number of nitrogen functional groups attached to an aromatic ring is 1. The fourth-order valence-corrected chi connectivity index (χ4v) is 3.49. The summed E-state index contributed by atoms with van der Waals surface area (Å²) in [6.45, 7) is 2.07. The van der Waals surface area contributed by atoms with Crippen molar-refractivity contribution in [1.82, 2.24) is 0 Å². The third-order valence-corrected chi connectivity index (χ3v) is 5.02. The Morgan fingerprint density at radius 3 is 2.16 bits per heavy atom. The molecular formula is C26H24N2O3. The number of hydrogen-bond acceptors (Lipinski definition) is 4. The van der Waals surface area contributed by atoms with E-state index in [1.54, 1.807) is 24.3 Å². The van der Waals surface area contributed by atoms with Crippen LogP contribution in [0.2, 0.25) is 0 Å². The molecule has 0 saturated carbocycles. The van der Waals surface area contributed by atoms with Crippen LogP contribution in [0.5, 0.6) is 5.75 Å². The van der Waals surface area contributed by atoms with Crippen molar-refractivity contribution in [1.29, 1.82) is 5.41 Å². The van der Waals surface area contributed by atoms with Crippen LogP contribution in [0.4, 0.5) is 5.69 Å². The summed E-state index contributed by atoms with van der Waals surface area (Å²) in [5, 5.41) is 26.2. The number of phenolic OH excluding ortho intramolecular Hbond substituents is 1. The van der Waals surface area contributed by atoms with E-state index in [0.29, 0.717) is 11.3 Å². The van der Waals surface area contributed by atoms with Crippen LogP contribution >= 0.6 is 0 Å². The first-order chi connectivity index (χ1) is 14.9. The van der Waals surface area contributed by atoms with E-state index in [1.165, 1.54) is 6.21 Å². The maximum Gasteiger partial charge on any atom is 0.328 e. The van der Waals surface area contributed by atoms with Crippen molar-refractivity contribution in [3.63, 3.8) is 0 Å². The molecular weight excluding hydrogens is 388 g/mol. The lowest BCUT2D eigenvalue weighted by atomic mass is 9.87. The van der Waals surface area contributed by atoms with Crippen LogP contribution in [-0.2, 0) is 4.79 Å². The largest absolute Gasteiger partial charge is 0.508 e. The summed E-state index contributed by atoms with van der Waals surface area (Å²) in [7, 11) is 0. The van der Waals surface area contributed by atoms with Crippen molar-refractivity contribution in [2.45, 2.75) is 13.3 Å². The molecule has 0 saturated heterocycles. The predicted octanol–water partition coefficient (Wildman–Crippen LogP) is 5.44. The molecule has 0 heterocycles. The first kappa shape index (κ1) is 21.6. The number of carbonyl (C=O) groups is 1. The molecule has 3 rings (SSSR count). The Balaban J connectivity index is 2.22. The summed E-state index contributed by atoms with van der Waals surface area (Å²) < 4.78 is 0. The number of benzene rings is 3. The summed E-state index contributed by atoms with van der Waals surface area (Å²) in [6.07, 6.45) is 4.64. The number of hydrogen-bond donors (Lipinski definition) is 4. The van der Waals surface area contributed by atoms with Crippen molar-refractivity contribution < 1.29 is 15.0 Å². The fraction of sp³-hybridized carbons (Fsp3) is 0.0769. The molecule has 0 bridgehead atoms. The van der Waals surface area contributed by atoms with Crippen LogP contribution in [-0.4, -0.2) is 22.4 Å². The van der Waals surface area contributed by atoms with E-state index in [9.17, 15) is 9.90 Å². The summed E-state index contributed by atoms with van der Waals surface area (Å²) >= 11 is 0. The van der Waals surface area contributed by atoms with Gasteiger partial charge in [0.15, 0.2) is 0 Å². The Labute approximate surface area is 181 Å². The van der Waals surface area contributed by atoms with Gasteiger partial charge in [-0.3, -0.25) is 0 Å². The van der Waals surface area contributed by atoms with Crippen molar-refractivity contribution in [2.75, 3.05) is 5.73 Å².